The van der Waals surface area contributed by atoms with Crippen LogP contribution in [0.4, 0.5) is 0 Å². The van der Waals surface area contributed by atoms with Gasteiger partial charge in [-0.05, 0) is 19.8 Å². The topological polar surface area (TPSA) is 91.2 Å². The van der Waals surface area contributed by atoms with Crippen LogP contribution in [-0.4, -0.2) is 38.1 Å². The highest BCUT2D eigenvalue weighted by molar-refractivity contribution is 5.91. The zero-order valence-electron chi connectivity index (χ0n) is 11.5. The molecule has 0 bridgehead atoms. The molecule has 6 nitrogen and oxygen atoms in total. The molecule has 1 fully saturated rings. The van der Waals surface area contributed by atoms with Crippen molar-refractivity contribution in [3.8, 4) is 6.07 Å². The van der Waals surface area contributed by atoms with E-state index in [1.807, 2.05) is 0 Å². The Morgan fingerprint density at radius 2 is 2.05 bits per heavy atom. The first kappa shape index (κ1) is 15.4. The minimum atomic E-state index is -0.943. The third kappa shape index (κ3) is 3.93. The second-order valence-electron chi connectivity index (χ2n) is 4.88. The summed E-state index contributed by atoms with van der Waals surface area (Å²) in [6.45, 7) is 2.44. The van der Waals surface area contributed by atoms with Gasteiger partial charge < -0.3 is 15.4 Å². The Kier molecular flexibility index (Phi) is 5.77. The fourth-order valence-corrected chi connectivity index (χ4v) is 2.20. The molecule has 19 heavy (non-hydrogen) atoms. The average molecular weight is 267 g/mol. The predicted octanol–water partition coefficient (Wildman–Crippen LogP) is 0.338. The number of rotatable bonds is 6. The van der Waals surface area contributed by atoms with Gasteiger partial charge in [0.05, 0.1) is 12.7 Å². The summed E-state index contributed by atoms with van der Waals surface area (Å²) in [7, 11) is 1.55. The van der Waals surface area contributed by atoms with Gasteiger partial charge in [0.15, 0.2) is 0 Å². The molecule has 1 aliphatic carbocycles. The molecule has 2 amide bonds. The van der Waals surface area contributed by atoms with E-state index < -0.39 is 11.5 Å². The van der Waals surface area contributed by atoms with Crippen molar-refractivity contribution in [2.75, 3.05) is 20.3 Å². The van der Waals surface area contributed by atoms with Crippen molar-refractivity contribution < 1.29 is 14.3 Å². The van der Waals surface area contributed by atoms with Gasteiger partial charge >= 0.3 is 0 Å². The van der Waals surface area contributed by atoms with Crippen molar-refractivity contribution in [2.45, 2.75) is 38.6 Å². The Morgan fingerprint density at radius 3 is 2.58 bits per heavy atom. The summed E-state index contributed by atoms with van der Waals surface area (Å²) >= 11 is 0. The lowest BCUT2D eigenvalue weighted by Gasteiger charge is -2.22. The summed E-state index contributed by atoms with van der Waals surface area (Å²) in [4.78, 5) is 23.8. The number of carbonyl (C=O) groups excluding carboxylic acids is 2. The number of hydrogen-bond acceptors (Lipinski definition) is 4. The first-order valence-corrected chi connectivity index (χ1v) is 6.54. The summed E-state index contributed by atoms with van der Waals surface area (Å²) in [5.41, 5.74) is -0.943. The van der Waals surface area contributed by atoms with E-state index in [0.717, 1.165) is 12.8 Å². The van der Waals surface area contributed by atoms with Crippen LogP contribution in [0.1, 0.15) is 32.6 Å². The van der Waals surface area contributed by atoms with Crippen molar-refractivity contribution in [1.29, 1.82) is 5.26 Å². The number of carbonyl (C=O) groups is 2. The van der Waals surface area contributed by atoms with Crippen LogP contribution < -0.4 is 10.6 Å². The van der Waals surface area contributed by atoms with Crippen LogP contribution >= 0.6 is 0 Å². The zero-order valence-corrected chi connectivity index (χ0v) is 11.5. The summed E-state index contributed by atoms with van der Waals surface area (Å²) in [5.74, 6) is -0.599. The molecular weight excluding hydrogens is 246 g/mol. The summed E-state index contributed by atoms with van der Waals surface area (Å²) in [6, 6.07) is 1.47. The second kappa shape index (κ2) is 7.10. The number of nitrogens with one attached hydrogen (secondary N) is 2. The number of nitriles is 1. The zero-order chi connectivity index (χ0) is 14.3. The molecule has 0 aromatic rings. The number of nitrogens with zero attached hydrogens (tertiary/aromatic N) is 1. The SMILES string of the molecule is COCCNC(=O)C(C)NC(=O)C1(C#N)CCCC1. The molecule has 1 unspecified atom stereocenters. The van der Waals surface area contributed by atoms with Crippen LogP contribution in [0.3, 0.4) is 0 Å². The highest BCUT2D eigenvalue weighted by atomic mass is 16.5. The number of ether oxygens (including phenoxy) is 1. The van der Waals surface area contributed by atoms with Crippen LogP contribution in [0.25, 0.3) is 0 Å². The molecular formula is C13H21N3O3. The number of methoxy groups -OCH3 is 1. The maximum atomic E-state index is 12.1. The Balaban J connectivity index is 2.47. The van der Waals surface area contributed by atoms with Crippen LogP contribution in [0.15, 0.2) is 0 Å². The Labute approximate surface area is 113 Å². The molecule has 1 atom stereocenters. The molecule has 1 saturated carbocycles. The molecule has 106 valence electrons. The lowest BCUT2D eigenvalue weighted by molar-refractivity contribution is -0.132. The van der Waals surface area contributed by atoms with E-state index >= 15 is 0 Å². The first-order valence-electron chi connectivity index (χ1n) is 6.54. The molecule has 1 aliphatic rings. The van der Waals surface area contributed by atoms with Gasteiger partial charge in [-0.25, -0.2) is 0 Å². The highest BCUT2D eigenvalue weighted by Gasteiger charge is 2.42. The monoisotopic (exact) mass is 267 g/mol. The largest absolute Gasteiger partial charge is 0.383 e. The van der Waals surface area contributed by atoms with Gasteiger partial charge in [0.2, 0.25) is 11.8 Å². The van der Waals surface area contributed by atoms with E-state index in [-0.39, 0.29) is 11.8 Å². The van der Waals surface area contributed by atoms with Gasteiger partial charge in [0, 0.05) is 13.7 Å². The van der Waals surface area contributed by atoms with Crippen LogP contribution in [0, 0.1) is 16.7 Å². The maximum Gasteiger partial charge on any atom is 0.242 e. The molecule has 6 heteroatoms. The molecule has 0 saturated heterocycles. The third-order valence-electron chi connectivity index (χ3n) is 3.45. The number of hydrogen-bond donors (Lipinski definition) is 2. The predicted molar refractivity (Wildman–Crippen MR) is 69.0 cm³/mol. The Bertz CT molecular complexity index is 370. The molecule has 0 heterocycles. The molecule has 0 aromatic heterocycles. The fraction of sp³-hybridized carbons (Fsp3) is 0.769. The van der Waals surface area contributed by atoms with E-state index in [1.165, 1.54) is 0 Å². The van der Waals surface area contributed by atoms with E-state index in [4.69, 9.17) is 4.74 Å². The lowest BCUT2D eigenvalue weighted by Crippen LogP contribution is -2.49. The van der Waals surface area contributed by atoms with Crippen LogP contribution in [0.2, 0.25) is 0 Å². The number of amides is 2. The average Bonchev–Trinajstić information content (AvgIpc) is 2.88. The standard InChI is InChI=1S/C13H21N3O3/c1-10(11(17)15-7-8-19-2)16-12(18)13(9-14)5-3-4-6-13/h10H,3-8H2,1-2H3,(H,15,17)(H,16,18). The normalized spacial score (nSPS) is 18.4. The van der Waals surface area contributed by atoms with Crippen molar-refractivity contribution >= 4 is 11.8 Å². The van der Waals surface area contributed by atoms with Gasteiger partial charge in [-0.3, -0.25) is 9.59 Å². The Morgan fingerprint density at radius 1 is 1.42 bits per heavy atom. The van der Waals surface area contributed by atoms with Gasteiger partial charge in [-0.1, -0.05) is 12.8 Å². The first-order chi connectivity index (χ1) is 9.05. The molecule has 0 aromatic carbocycles. The molecule has 0 spiro atoms. The summed E-state index contributed by atoms with van der Waals surface area (Å²) in [6.07, 6.45) is 2.92. The third-order valence-corrected chi connectivity index (χ3v) is 3.45. The van der Waals surface area contributed by atoms with Gasteiger partial charge in [0.25, 0.3) is 0 Å². The van der Waals surface area contributed by atoms with Crippen molar-refractivity contribution in [3.63, 3.8) is 0 Å². The molecule has 0 radical (unpaired) electrons. The highest BCUT2D eigenvalue weighted by Crippen LogP contribution is 2.37. The van der Waals surface area contributed by atoms with Gasteiger partial charge in [-0.2, -0.15) is 5.26 Å². The molecule has 2 N–H and O–H groups in total. The molecule has 0 aliphatic heterocycles. The van der Waals surface area contributed by atoms with Gasteiger partial charge in [0.1, 0.15) is 11.5 Å². The maximum absolute atomic E-state index is 12.1. The van der Waals surface area contributed by atoms with Crippen molar-refractivity contribution in [3.05, 3.63) is 0 Å². The summed E-state index contributed by atoms with van der Waals surface area (Å²) < 4.78 is 4.82. The van der Waals surface area contributed by atoms with Gasteiger partial charge in [-0.15, -0.1) is 0 Å². The van der Waals surface area contributed by atoms with E-state index in [0.29, 0.717) is 26.0 Å². The van der Waals surface area contributed by atoms with Crippen LogP contribution in [0.5, 0.6) is 0 Å². The second-order valence-corrected chi connectivity index (χ2v) is 4.88. The smallest absolute Gasteiger partial charge is 0.242 e. The fourth-order valence-electron chi connectivity index (χ4n) is 2.20. The van der Waals surface area contributed by atoms with Crippen LogP contribution in [-0.2, 0) is 14.3 Å². The quantitative estimate of drug-likeness (QED) is 0.679. The minimum Gasteiger partial charge on any atom is -0.383 e. The molecule has 1 rings (SSSR count). The van der Waals surface area contributed by atoms with Crippen molar-refractivity contribution in [2.24, 2.45) is 5.41 Å². The minimum absolute atomic E-state index is 0.267. The Hall–Kier alpha value is -1.61. The lowest BCUT2D eigenvalue weighted by atomic mass is 9.87. The summed E-state index contributed by atoms with van der Waals surface area (Å²) in [5, 5.41) is 14.5. The van der Waals surface area contributed by atoms with E-state index in [1.54, 1.807) is 14.0 Å². The van der Waals surface area contributed by atoms with E-state index in [2.05, 4.69) is 16.7 Å². The van der Waals surface area contributed by atoms with E-state index in [9.17, 15) is 14.9 Å². The van der Waals surface area contributed by atoms with Crippen molar-refractivity contribution in [1.82, 2.24) is 10.6 Å².